The van der Waals surface area contributed by atoms with Crippen molar-refractivity contribution >= 4 is 33.5 Å². The van der Waals surface area contributed by atoms with Crippen molar-refractivity contribution in [1.29, 1.82) is 0 Å². The van der Waals surface area contributed by atoms with Crippen LogP contribution in [0.15, 0.2) is 42.5 Å². The molecule has 2 aromatic carbocycles. The molecule has 0 aliphatic heterocycles. The van der Waals surface area contributed by atoms with Gasteiger partial charge in [0, 0.05) is 17.5 Å². The van der Waals surface area contributed by atoms with Crippen LogP contribution in [0.4, 0.5) is 26.3 Å². The van der Waals surface area contributed by atoms with E-state index in [2.05, 4.69) is 9.97 Å². The summed E-state index contributed by atoms with van der Waals surface area (Å²) >= 11 is 6.32. The summed E-state index contributed by atoms with van der Waals surface area (Å²) in [5.41, 5.74) is 0.767. The van der Waals surface area contributed by atoms with Gasteiger partial charge >= 0.3 is 12.4 Å². The summed E-state index contributed by atoms with van der Waals surface area (Å²) < 4.78 is 79.7. The first-order valence-electron chi connectivity index (χ1n) is 9.71. The van der Waals surface area contributed by atoms with E-state index in [-0.39, 0.29) is 33.1 Å². The Labute approximate surface area is 189 Å². The maximum absolute atomic E-state index is 13.3. The van der Waals surface area contributed by atoms with E-state index < -0.39 is 24.5 Å². The molecule has 2 heterocycles. The molecule has 0 aliphatic rings. The zero-order valence-electron chi connectivity index (χ0n) is 17.4. The lowest BCUT2D eigenvalue weighted by molar-refractivity contribution is -0.139. The van der Waals surface area contributed by atoms with Gasteiger partial charge in [-0.1, -0.05) is 29.8 Å². The van der Waals surface area contributed by atoms with Crippen molar-refractivity contribution in [1.82, 2.24) is 19.4 Å². The lowest BCUT2D eigenvalue weighted by Gasteiger charge is -2.12. The summed E-state index contributed by atoms with van der Waals surface area (Å²) in [5.74, 6) is 0.0188. The summed E-state index contributed by atoms with van der Waals surface area (Å²) in [6.07, 6.45) is -9.02. The molecular weight excluding hydrogens is 470 g/mol. The van der Waals surface area contributed by atoms with Crippen LogP contribution in [0.2, 0.25) is 5.15 Å². The highest BCUT2D eigenvalue weighted by Gasteiger charge is 2.32. The average Bonchev–Trinajstić information content (AvgIpc) is 2.99. The Morgan fingerprint density at radius 2 is 1.61 bits per heavy atom. The van der Waals surface area contributed by atoms with Crippen molar-refractivity contribution in [3.8, 4) is 11.4 Å². The summed E-state index contributed by atoms with van der Waals surface area (Å²) in [6, 6.07) is 9.23. The molecule has 0 aliphatic carbocycles. The molecule has 2 aromatic heterocycles. The van der Waals surface area contributed by atoms with Crippen molar-refractivity contribution in [2.24, 2.45) is 0 Å². The number of aromatic nitrogens is 3. The van der Waals surface area contributed by atoms with Gasteiger partial charge in [0.05, 0.1) is 11.1 Å². The molecule has 33 heavy (non-hydrogen) atoms. The quantitative estimate of drug-likeness (QED) is 0.242. The van der Waals surface area contributed by atoms with Gasteiger partial charge in [0.2, 0.25) is 0 Å². The first kappa shape index (κ1) is 23.3. The summed E-state index contributed by atoms with van der Waals surface area (Å²) in [7, 11) is 3.72. The molecule has 4 nitrogen and oxygen atoms in total. The number of rotatable bonds is 4. The number of hydrogen-bond donors (Lipinski definition) is 0. The fourth-order valence-corrected chi connectivity index (χ4v) is 4.00. The Morgan fingerprint density at radius 3 is 2.18 bits per heavy atom. The third-order valence-corrected chi connectivity index (χ3v) is 5.29. The third kappa shape index (κ3) is 4.77. The lowest BCUT2D eigenvalue weighted by Crippen LogP contribution is -2.17. The van der Waals surface area contributed by atoms with Gasteiger partial charge in [-0.25, -0.2) is 9.97 Å². The van der Waals surface area contributed by atoms with Crippen molar-refractivity contribution in [2.75, 3.05) is 14.1 Å². The highest BCUT2D eigenvalue weighted by molar-refractivity contribution is 6.35. The monoisotopic (exact) mass is 486 g/mol. The van der Waals surface area contributed by atoms with Gasteiger partial charge < -0.3 is 9.47 Å². The van der Waals surface area contributed by atoms with Gasteiger partial charge in [-0.2, -0.15) is 26.3 Å². The van der Waals surface area contributed by atoms with Gasteiger partial charge in [0.1, 0.15) is 17.6 Å². The smallest absolute Gasteiger partial charge is 0.327 e. The minimum atomic E-state index is -4.52. The van der Waals surface area contributed by atoms with E-state index in [1.54, 1.807) is 18.2 Å². The molecule has 0 spiro atoms. The van der Waals surface area contributed by atoms with Crippen molar-refractivity contribution in [3.63, 3.8) is 0 Å². The SMILES string of the molecule is CN(C)Cc1ccc2c(c1)c1nc(-c3ccc(C(F)(F)F)cc3)nc(Cl)c1n2CC(F)(F)F. The summed E-state index contributed by atoms with van der Waals surface area (Å²) in [6.45, 7) is -0.741. The largest absolute Gasteiger partial charge is 0.416 e. The van der Waals surface area contributed by atoms with Crippen molar-refractivity contribution in [3.05, 3.63) is 58.7 Å². The molecule has 0 saturated heterocycles. The van der Waals surface area contributed by atoms with E-state index in [0.29, 0.717) is 11.9 Å². The molecule has 4 rings (SSSR count). The second-order valence-corrected chi connectivity index (χ2v) is 8.26. The Bertz CT molecular complexity index is 1320. The molecular formula is C22H17ClF6N4. The van der Waals surface area contributed by atoms with Crippen LogP contribution < -0.4 is 0 Å². The number of benzene rings is 2. The predicted molar refractivity (Wildman–Crippen MR) is 114 cm³/mol. The topological polar surface area (TPSA) is 34.0 Å². The van der Waals surface area contributed by atoms with E-state index in [1.165, 1.54) is 12.1 Å². The Morgan fingerprint density at radius 1 is 0.939 bits per heavy atom. The molecule has 174 valence electrons. The fourth-order valence-electron chi connectivity index (χ4n) is 3.73. The first-order chi connectivity index (χ1) is 15.3. The van der Waals surface area contributed by atoms with Crippen LogP contribution in [0.5, 0.6) is 0 Å². The van der Waals surface area contributed by atoms with Gasteiger partial charge in [-0.3, -0.25) is 0 Å². The third-order valence-electron chi connectivity index (χ3n) is 5.02. The summed E-state index contributed by atoms with van der Waals surface area (Å²) in [5, 5.41) is 0.232. The van der Waals surface area contributed by atoms with Crippen molar-refractivity contribution in [2.45, 2.75) is 25.4 Å². The van der Waals surface area contributed by atoms with E-state index in [4.69, 9.17) is 11.6 Å². The molecule has 0 unspecified atom stereocenters. The number of halogens is 7. The number of fused-ring (bicyclic) bond motifs is 3. The molecule has 0 bridgehead atoms. The van der Waals surface area contributed by atoms with Crippen molar-refractivity contribution < 1.29 is 26.3 Å². The maximum atomic E-state index is 13.3. The highest BCUT2D eigenvalue weighted by atomic mass is 35.5. The normalized spacial score (nSPS) is 12.9. The molecule has 0 fully saturated rings. The Balaban J connectivity index is 1.95. The van der Waals surface area contributed by atoms with Crippen LogP contribution >= 0.6 is 11.6 Å². The van der Waals surface area contributed by atoms with Crippen LogP contribution in [0.1, 0.15) is 11.1 Å². The predicted octanol–water partition coefficient (Wildman–Crippen LogP) is 6.55. The van der Waals surface area contributed by atoms with E-state index in [9.17, 15) is 26.3 Å². The standard InChI is InChI=1S/C22H17ClF6N4/c1-32(2)10-12-3-8-16-15(9-12)17-18(33(16)11-21(24,25)26)19(23)31-20(30-17)13-4-6-14(7-5-13)22(27,28)29/h3-9H,10-11H2,1-2H3. The van der Waals surface area contributed by atoms with Crippen LogP contribution in [0.25, 0.3) is 33.3 Å². The Kier molecular flexibility index (Phi) is 5.78. The molecule has 0 N–H and O–H groups in total. The zero-order valence-corrected chi connectivity index (χ0v) is 18.1. The number of nitrogens with zero attached hydrogens (tertiary/aromatic N) is 4. The Hall–Kier alpha value is -2.85. The van der Waals surface area contributed by atoms with Crippen LogP contribution in [-0.4, -0.2) is 39.7 Å². The zero-order chi connectivity index (χ0) is 24.1. The first-order valence-corrected chi connectivity index (χ1v) is 10.1. The molecule has 0 atom stereocenters. The average molecular weight is 487 g/mol. The molecule has 11 heteroatoms. The van der Waals surface area contributed by atoms with E-state index in [0.717, 1.165) is 22.3 Å². The maximum Gasteiger partial charge on any atom is 0.416 e. The number of alkyl halides is 6. The fraction of sp³-hybridized carbons (Fsp3) is 0.273. The number of hydrogen-bond acceptors (Lipinski definition) is 3. The van der Waals surface area contributed by atoms with Gasteiger partial charge in [-0.05, 0) is 43.9 Å². The highest BCUT2D eigenvalue weighted by Crippen LogP contribution is 2.36. The minimum Gasteiger partial charge on any atom is -0.327 e. The molecule has 4 aromatic rings. The van der Waals surface area contributed by atoms with E-state index in [1.807, 2.05) is 19.0 Å². The minimum absolute atomic E-state index is 0.0154. The second-order valence-electron chi connectivity index (χ2n) is 7.90. The molecule has 0 radical (unpaired) electrons. The lowest BCUT2D eigenvalue weighted by atomic mass is 10.1. The molecule has 0 saturated carbocycles. The van der Waals surface area contributed by atoms with Crippen LogP contribution in [0.3, 0.4) is 0 Å². The van der Waals surface area contributed by atoms with Crippen LogP contribution in [-0.2, 0) is 19.3 Å². The van der Waals surface area contributed by atoms with E-state index >= 15 is 0 Å². The van der Waals surface area contributed by atoms with Gasteiger partial charge in [0.25, 0.3) is 0 Å². The van der Waals surface area contributed by atoms with Gasteiger partial charge in [-0.15, -0.1) is 0 Å². The molecule has 0 amide bonds. The second kappa shape index (κ2) is 8.18. The summed E-state index contributed by atoms with van der Waals surface area (Å²) in [4.78, 5) is 10.4. The van der Waals surface area contributed by atoms with Gasteiger partial charge in [0.15, 0.2) is 11.0 Å². The van der Waals surface area contributed by atoms with Crippen LogP contribution in [0, 0.1) is 0 Å².